The number of carbonyl (C=O) groups excluding carboxylic acids is 2. The van der Waals surface area contributed by atoms with Crippen LogP contribution in [0.1, 0.15) is 41.6 Å². The zero-order valence-electron chi connectivity index (χ0n) is 27.0. The van der Waals surface area contributed by atoms with Crippen molar-refractivity contribution in [1.82, 2.24) is 29.6 Å². The van der Waals surface area contributed by atoms with E-state index in [2.05, 4.69) is 15.5 Å². The molecule has 0 aliphatic carbocycles. The number of benzene rings is 2. The molecule has 0 saturated carbocycles. The number of aliphatic hydroxyl groups excluding tert-OH is 1. The number of aliphatic hydroxyl groups is 1. The summed E-state index contributed by atoms with van der Waals surface area (Å²) in [6, 6.07) is 11.6. The molecular weight excluding hydrogens is 665 g/mol. The normalized spacial score (nSPS) is 19.0. The Morgan fingerprint density at radius 2 is 1.84 bits per heavy atom. The van der Waals surface area contributed by atoms with Crippen LogP contribution in [0.4, 0.5) is 18.0 Å². The number of β-amino-alcohol motifs (C(OH)–C–C–N with tert-alkyl or cyclic N) is 1. The SMILES string of the molecule is CS(=O)(=O)N1CCc2c(c(-c3ccc(C(F)(F)F)c(CNC(=O)Oc4ccccc4)c3)nn2CC(O)CN2CCC3(CCNC3=O)CC2)C1. The highest BCUT2D eigenvalue weighted by atomic mass is 32.2. The molecule has 6 rings (SSSR count). The minimum Gasteiger partial charge on any atom is -0.410 e. The number of aromatic nitrogens is 2. The lowest BCUT2D eigenvalue weighted by atomic mass is 9.77. The zero-order chi connectivity index (χ0) is 35.0. The van der Waals surface area contributed by atoms with Crippen LogP contribution in [0.3, 0.4) is 0 Å². The van der Waals surface area contributed by atoms with Crippen LogP contribution in [0.2, 0.25) is 0 Å². The van der Waals surface area contributed by atoms with Crippen molar-refractivity contribution in [3.63, 3.8) is 0 Å². The average molecular weight is 705 g/mol. The number of rotatable bonds is 9. The third-order valence-corrected chi connectivity index (χ3v) is 10.9. The molecular formula is C33H39F3N6O6S. The lowest BCUT2D eigenvalue weighted by Gasteiger charge is -2.38. The number of amides is 2. The van der Waals surface area contributed by atoms with Gasteiger partial charge < -0.3 is 25.4 Å². The van der Waals surface area contributed by atoms with Gasteiger partial charge in [0, 0.05) is 56.0 Å². The van der Waals surface area contributed by atoms with Gasteiger partial charge in [-0.25, -0.2) is 13.2 Å². The highest BCUT2D eigenvalue weighted by molar-refractivity contribution is 7.88. The molecule has 2 saturated heterocycles. The number of alkyl halides is 3. The largest absolute Gasteiger partial charge is 0.416 e. The van der Waals surface area contributed by atoms with E-state index in [1.807, 2.05) is 0 Å². The summed E-state index contributed by atoms with van der Waals surface area (Å²) < 4.78 is 75.3. The predicted molar refractivity (Wildman–Crippen MR) is 173 cm³/mol. The number of halogens is 3. The van der Waals surface area contributed by atoms with Gasteiger partial charge in [-0.15, -0.1) is 0 Å². The quantitative estimate of drug-likeness (QED) is 0.308. The van der Waals surface area contributed by atoms with E-state index in [1.54, 1.807) is 22.9 Å². The van der Waals surface area contributed by atoms with Gasteiger partial charge in [-0.3, -0.25) is 9.48 Å². The van der Waals surface area contributed by atoms with Crippen LogP contribution in [0.15, 0.2) is 48.5 Å². The maximum atomic E-state index is 14.1. The molecule has 3 aliphatic rings. The monoisotopic (exact) mass is 704 g/mol. The highest BCUT2D eigenvalue weighted by Crippen LogP contribution is 2.39. The molecule has 16 heteroatoms. The summed E-state index contributed by atoms with van der Waals surface area (Å²) in [6.07, 6.45) is -2.87. The lowest BCUT2D eigenvalue weighted by molar-refractivity contribution is -0.138. The molecule has 4 heterocycles. The number of sulfonamides is 1. The number of para-hydroxylation sites is 1. The number of carbonyl (C=O) groups is 2. The Bertz CT molecular complexity index is 1810. The van der Waals surface area contributed by atoms with Crippen LogP contribution in [0, 0.1) is 5.41 Å². The number of likely N-dealkylation sites (tertiary alicyclic amines) is 1. The number of ether oxygens (including phenoxy) is 1. The summed E-state index contributed by atoms with van der Waals surface area (Å²) in [4.78, 5) is 26.9. The Labute approximate surface area is 282 Å². The third-order valence-electron chi connectivity index (χ3n) is 9.67. The van der Waals surface area contributed by atoms with Gasteiger partial charge in [0.1, 0.15) is 5.75 Å². The topological polar surface area (TPSA) is 146 Å². The van der Waals surface area contributed by atoms with E-state index in [1.165, 1.54) is 28.6 Å². The molecule has 1 unspecified atom stereocenters. The second-order valence-corrected chi connectivity index (χ2v) is 15.0. The van der Waals surface area contributed by atoms with Crippen LogP contribution >= 0.6 is 0 Å². The molecule has 3 aliphatic heterocycles. The molecule has 49 heavy (non-hydrogen) atoms. The first kappa shape index (κ1) is 34.9. The maximum Gasteiger partial charge on any atom is 0.416 e. The van der Waals surface area contributed by atoms with Crippen molar-refractivity contribution in [3.8, 4) is 17.0 Å². The standard InChI is InChI=1S/C33H39F3N6O6S/c1-49(46,47)41-14-9-28-26(21-41)29(39-42(28)20-24(43)19-40-15-11-32(12-16-40)10-13-37-30(32)44)22-7-8-27(33(34,35)36)23(17-22)18-38-31(45)48-25-5-3-2-4-6-25/h2-8,17,24,43H,9-16,18-21H2,1H3,(H,37,44)(H,38,45). The van der Waals surface area contributed by atoms with Crippen molar-refractivity contribution >= 4 is 22.0 Å². The Hall–Kier alpha value is -3.99. The first-order chi connectivity index (χ1) is 23.2. The highest BCUT2D eigenvalue weighted by Gasteiger charge is 2.44. The molecule has 3 N–H and O–H groups in total. The van der Waals surface area contributed by atoms with Crippen LogP contribution in [-0.2, 0) is 47.0 Å². The number of fused-ring (bicyclic) bond motifs is 1. The molecule has 264 valence electrons. The average Bonchev–Trinajstić information content (AvgIpc) is 3.59. The summed E-state index contributed by atoms with van der Waals surface area (Å²) >= 11 is 0. The van der Waals surface area contributed by atoms with E-state index in [0.717, 1.165) is 18.7 Å². The molecule has 1 atom stereocenters. The van der Waals surface area contributed by atoms with Gasteiger partial charge in [-0.2, -0.15) is 22.6 Å². The summed E-state index contributed by atoms with van der Waals surface area (Å²) in [6.45, 7) is 2.10. The minimum atomic E-state index is -4.72. The summed E-state index contributed by atoms with van der Waals surface area (Å²) in [5.74, 6) is 0.325. The van der Waals surface area contributed by atoms with Gasteiger partial charge in [-0.1, -0.05) is 24.3 Å². The smallest absolute Gasteiger partial charge is 0.410 e. The van der Waals surface area contributed by atoms with Crippen LogP contribution in [0.5, 0.6) is 5.75 Å². The van der Waals surface area contributed by atoms with Crippen LogP contribution in [0.25, 0.3) is 11.3 Å². The minimum absolute atomic E-state index is 0.0339. The Kier molecular flexibility index (Phi) is 9.77. The summed E-state index contributed by atoms with van der Waals surface area (Å²) in [7, 11) is -3.59. The van der Waals surface area contributed by atoms with E-state index >= 15 is 0 Å². The fourth-order valence-electron chi connectivity index (χ4n) is 7.01. The van der Waals surface area contributed by atoms with E-state index in [4.69, 9.17) is 9.84 Å². The van der Waals surface area contributed by atoms with Crippen molar-refractivity contribution < 1.29 is 41.0 Å². The zero-order valence-corrected chi connectivity index (χ0v) is 27.8. The lowest BCUT2D eigenvalue weighted by Crippen LogP contribution is -2.46. The van der Waals surface area contributed by atoms with Crippen molar-refractivity contribution in [2.75, 3.05) is 39.0 Å². The number of piperidine rings is 1. The van der Waals surface area contributed by atoms with Crippen molar-refractivity contribution in [2.45, 2.75) is 57.6 Å². The molecule has 3 aromatic rings. The van der Waals surface area contributed by atoms with Gasteiger partial charge >= 0.3 is 12.3 Å². The van der Waals surface area contributed by atoms with E-state index in [0.29, 0.717) is 68.0 Å². The van der Waals surface area contributed by atoms with Gasteiger partial charge in [0.15, 0.2) is 0 Å². The van der Waals surface area contributed by atoms with Gasteiger partial charge in [0.25, 0.3) is 0 Å². The van der Waals surface area contributed by atoms with Crippen LogP contribution < -0.4 is 15.4 Å². The fraction of sp³-hybridized carbons (Fsp3) is 0.485. The molecule has 0 radical (unpaired) electrons. The number of nitrogens with one attached hydrogen (secondary N) is 2. The first-order valence-electron chi connectivity index (χ1n) is 16.2. The summed E-state index contributed by atoms with van der Waals surface area (Å²) in [5, 5.41) is 21.2. The van der Waals surface area contributed by atoms with Crippen molar-refractivity contribution in [2.24, 2.45) is 5.41 Å². The fourth-order valence-corrected chi connectivity index (χ4v) is 7.79. The van der Waals surface area contributed by atoms with Crippen LogP contribution in [-0.4, -0.2) is 89.6 Å². The van der Waals surface area contributed by atoms with Crippen molar-refractivity contribution in [1.29, 1.82) is 0 Å². The van der Waals surface area contributed by atoms with E-state index in [9.17, 15) is 36.3 Å². The third kappa shape index (κ3) is 7.77. The Balaban J connectivity index is 1.24. The molecule has 1 aromatic heterocycles. The van der Waals surface area contributed by atoms with Gasteiger partial charge in [-0.05, 0) is 62.2 Å². The molecule has 12 nitrogen and oxygen atoms in total. The number of nitrogens with zero attached hydrogens (tertiary/aromatic N) is 4. The first-order valence-corrected chi connectivity index (χ1v) is 18.0. The van der Waals surface area contributed by atoms with Crippen molar-refractivity contribution in [3.05, 3.63) is 70.9 Å². The predicted octanol–water partition coefficient (Wildman–Crippen LogP) is 3.14. The molecule has 2 fully saturated rings. The number of hydrogen-bond acceptors (Lipinski definition) is 8. The molecule has 0 bridgehead atoms. The van der Waals surface area contributed by atoms with E-state index in [-0.39, 0.29) is 42.3 Å². The van der Waals surface area contributed by atoms with E-state index < -0.39 is 40.5 Å². The summed E-state index contributed by atoms with van der Waals surface area (Å²) in [5.41, 5.74) is 0.325. The molecule has 1 spiro atoms. The number of hydrogen-bond donors (Lipinski definition) is 3. The maximum absolute atomic E-state index is 14.1. The molecule has 2 aromatic carbocycles. The second-order valence-electron chi connectivity index (χ2n) is 13.0. The second kappa shape index (κ2) is 13.7. The Morgan fingerprint density at radius 3 is 2.49 bits per heavy atom. The van der Waals surface area contributed by atoms with Gasteiger partial charge in [0.05, 0.1) is 35.6 Å². The Morgan fingerprint density at radius 1 is 1.10 bits per heavy atom. The molecule has 2 amide bonds. The van der Waals surface area contributed by atoms with Gasteiger partial charge in [0.2, 0.25) is 15.9 Å².